The molecule has 6 heteroatoms. The van der Waals surface area contributed by atoms with Gasteiger partial charge in [0.1, 0.15) is 6.29 Å². The van der Waals surface area contributed by atoms with Crippen molar-refractivity contribution in [3.05, 3.63) is 29.6 Å². The van der Waals surface area contributed by atoms with Crippen LogP contribution in [0.15, 0.2) is 18.2 Å². The van der Waals surface area contributed by atoms with Crippen LogP contribution in [-0.2, 0) is 9.53 Å². The summed E-state index contributed by atoms with van der Waals surface area (Å²) in [4.78, 5) is 21.1. The minimum Gasteiger partial charge on any atom is -0.478 e. The summed E-state index contributed by atoms with van der Waals surface area (Å²) in [7, 11) is 1.31. The quantitative estimate of drug-likeness (QED) is 0.756. The van der Waals surface area contributed by atoms with Crippen molar-refractivity contribution in [1.29, 1.82) is 0 Å². The van der Waals surface area contributed by atoms with E-state index in [9.17, 15) is 14.0 Å². The van der Waals surface area contributed by atoms with E-state index in [-0.39, 0.29) is 17.9 Å². The largest absolute Gasteiger partial charge is 0.478 e. The number of hydrogen-bond donors (Lipinski definition) is 1. The van der Waals surface area contributed by atoms with Crippen molar-refractivity contribution in [1.82, 2.24) is 0 Å². The first-order valence-corrected chi connectivity index (χ1v) is 4.71. The van der Waals surface area contributed by atoms with Gasteiger partial charge in [0.2, 0.25) is 6.10 Å². The number of carboxylic acid groups (broad SMARTS) is 1. The fourth-order valence-electron chi connectivity index (χ4n) is 1.15. The van der Waals surface area contributed by atoms with Gasteiger partial charge in [-0.1, -0.05) is 0 Å². The summed E-state index contributed by atoms with van der Waals surface area (Å²) in [6.07, 6.45) is -0.812. The first-order chi connectivity index (χ1) is 8.08. The van der Waals surface area contributed by atoms with Crippen molar-refractivity contribution in [2.24, 2.45) is 0 Å². The van der Waals surface area contributed by atoms with E-state index < -0.39 is 17.9 Å². The zero-order valence-corrected chi connectivity index (χ0v) is 9.05. The van der Waals surface area contributed by atoms with Crippen LogP contribution < -0.4 is 4.74 Å². The highest BCUT2D eigenvalue weighted by atomic mass is 19.1. The number of aliphatic carboxylic acids is 1. The van der Waals surface area contributed by atoms with Crippen LogP contribution >= 0.6 is 0 Å². The van der Waals surface area contributed by atoms with Crippen molar-refractivity contribution in [3.8, 4) is 5.75 Å². The van der Waals surface area contributed by atoms with E-state index in [2.05, 4.69) is 4.74 Å². The molecule has 0 amide bonds. The van der Waals surface area contributed by atoms with Crippen LogP contribution in [-0.4, -0.2) is 37.2 Å². The molecule has 17 heavy (non-hydrogen) atoms. The van der Waals surface area contributed by atoms with Gasteiger partial charge in [-0.25, -0.2) is 9.18 Å². The molecule has 0 saturated heterocycles. The van der Waals surface area contributed by atoms with Gasteiger partial charge >= 0.3 is 5.97 Å². The van der Waals surface area contributed by atoms with Gasteiger partial charge < -0.3 is 14.6 Å². The lowest BCUT2D eigenvalue weighted by molar-refractivity contribution is -0.147. The third-order valence-corrected chi connectivity index (χ3v) is 1.95. The molecule has 0 spiro atoms. The molecule has 1 N–H and O–H groups in total. The van der Waals surface area contributed by atoms with Gasteiger partial charge in [-0.3, -0.25) is 4.79 Å². The molecule has 0 aliphatic rings. The van der Waals surface area contributed by atoms with E-state index >= 15 is 0 Å². The van der Waals surface area contributed by atoms with E-state index in [0.717, 1.165) is 6.07 Å². The van der Waals surface area contributed by atoms with Crippen molar-refractivity contribution >= 4 is 12.3 Å². The highest BCUT2D eigenvalue weighted by molar-refractivity contribution is 5.75. The zero-order chi connectivity index (χ0) is 12.8. The molecule has 92 valence electrons. The summed E-state index contributed by atoms with van der Waals surface area (Å²) in [5.74, 6) is -2.29. The molecule has 0 aliphatic carbocycles. The third kappa shape index (κ3) is 3.53. The molecular weight excluding hydrogens is 231 g/mol. The van der Waals surface area contributed by atoms with Gasteiger partial charge in [0.25, 0.3) is 0 Å². The molecule has 0 radical (unpaired) electrons. The lowest BCUT2D eigenvalue weighted by Gasteiger charge is -2.14. The van der Waals surface area contributed by atoms with Crippen molar-refractivity contribution in [2.75, 3.05) is 13.7 Å². The fraction of sp³-hybridized carbons (Fsp3) is 0.273. The molecule has 0 saturated carbocycles. The zero-order valence-electron chi connectivity index (χ0n) is 9.05. The second kappa shape index (κ2) is 5.95. The maximum Gasteiger partial charge on any atom is 0.347 e. The predicted octanol–water partition coefficient (Wildman–Crippen LogP) is 1.12. The van der Waals surface area contributed by atoms with E-state index in [1.54, 1.807) is 0 Å². The molecule has 5 nitrogen and oxygen atoms in total. The second-order valence-corrected chi connectivity index (χ2v) is 3.21. The Morgan fingerprint density at radius 2 is 2.29 bits per heavy atom. The van der Waals surface area contributed by atoms with Gasteiger partial charge in [-0.15, -0.1) is 0 Å². The number of hydrogen-bond acceptors (Lipinski definition) is 4. The molecule has 0 heterocycles. The molecule has 1 unspecified atom stereocenters. The number of rotatable bonds is 6. The molecule has 0 bridgehead atoms. The molecule has 0 fully saturated rings. The number of benzene rings is 1. The summed E-state index contributed by atoms with van der Waals surface area (Å²) in [5, 5.41) is 8.77. The van der Waals surface area contributed by atoms with Crippen LogP contribution in [0.2, 0.25) is 0 Å². The van der Waals surface area contributed by atoms with E-state index in [1.807, 2.05) is 0 Å². The van der Waals surface area contributed by atoms with Crippen LogP contribution in [0.25, 0.3) is 0 Å². The molecule has 1 aromatic carbocycles. The average molecular weight is 242 g/mol. The monoisotopic (exact) mass is 242 g/mol. The summed E-state index contributed by atoms with van der Waals surface area (Å²) in [6, 6.07) is 3.50. The van der Waals surface area contributed by atoms with Crippen LogP contribution in [0.3, 0.4) is 0 Å². The number of aldehydes is 1. The van der Waals surface area contributed by atoms with Crippen molar-refractivity contribution < 1.29 is 28.6 Å². The summed E-state index contributed by atoms with van der Waals surface area (Å²) < 4.78 is 23.0. The summed E-state index contributed by atoms with van der Waals surface area (Å²) >= 11 is 0. The Bertz CT molecular complexity index is 418. The molecule has 0 aliphatic heterocycles. The average Bonchev–Trinajstić information content (AvgIpc) is 2.30. The number of methoxy groups -OCH3 is 1. The first-order valence-electron chi connectivity index (χ1n) is 4.71. The van der Waals surface area contributed by atoms with Gasteiger partial charge in [0, 0.05) is 12.7 Å². The van der Waals surface area contributed by atoms with Crippen LogP contribution in [0.4, 0.5) is 4.39 Å². The van der Waals surface area contributed by atoms with E-state index in [1.165, 1.54) is 19.2 Å². The maximum absolute atomic E-state index is 13.4. The molecule has 0 aromatic heterocycles. The third-order valence-electron chi connectivity index (χ3n) is 1.95. The molecule has 1 atom stereocenters. The van der Waals surface area contributed by atoms with Crippen LogP contribution in [0, 0.1) is 5.82 Å². The highest BCUT2D eigenvalue weighted by Crippen LogP contribution is 2.19. The smallest absolute Gasteiger partial charge is 0.347 e. The standard InChI is InChI=1S/C11H11FO5/c1-16-6-10(11(14)15)17-9-3-2-7(5-13)4-8(9)12/h2-5,10H,6H2,1H3,(H,14,15). The lowest BCUT2D eigenvalue weighted by atomic mass is 10.2. The van der Waals surface area contributed by atoms with Gasteiger partial charge in [-0.2, -0.15) is 0 Å². The topological polar surface area (TPSA) is 72.8 Å². The summed E-state index contributed by atoms with van der Waals surface area (Å²) in [5.41, 5.74) is 0.147. The van der Waals surface area contributed by atoms with Crippen molar-refractivity contribution in [3.63, 3.8) is 0 Å². The van der Waals surface area contributed by atoms with Gasteiger partial charge in [-0.05, 0) is 18.2 Å². The van der Waals surface area contributed by atoms with Crippen molar-refractivity contribution in [2.45, 2.75) is 6.10 Å². The van der Waals surface area contributed by atoms with Gasteiger partial charge in [0.15, 0.2) is 11.6 Å². The second-order valence-electron chi connectivity index (χ2n) is 3.21. The van der Waals surface area contributed by atoms with E-state index in [0.29, 0.717) is 6.29 Å². The Labute approximate surface area is 96.8 Å². The highest BCUT2D eigenvalue weighted by Gasteiger charge is 2.20. The molecule has 1 rings (SSSR count). The minimum atomic E-state index is -1.29. The number of carbonyl (C=O) groups is 2. The SMILES string of the molecule is COCC(Oc1ccc(C=O)cc1F)C(=O)O. The number of halogens is 1. The van der Waals surface area contributed by atoms with Crippen LogP contribution in [0.1, 0.15) is 10.4 Å². The number of ether oxygens (including phenoxy) is 2. The lowest BCUT2D eigenvalue weighted by Crippen LogP contribution is -2.31. The Hall–Kier alpha value is -1.95. The summed E-state index contributed by atoms with van der Waals surface area (Å²) in [6.45, 7) is -0.204. The molecule has 1 aromatic rings. The Balaban J connectivity index is 2.85. The Kier molecular flexibility index (Phi) is 4.59. The molecular formula is C11H11FO5. The first kappa shape index (κ1) is 13.1. The van der Waals surface area contributed by atoms with Crippen LogP contribution in [0.5, 0.6) is 5.75 Å². The maximum atomic E-state index is 13.4. The number of carboxylic acids is 1. The number of carbonyl (C=O) groups excluding carboxylic acids is 1. The fourth-order valence-corrected chi connectivity index (χ4v) is 1.15. The van der Waals surface area contributed by atoms with E-state index in [4.69, 9.17) is 9.84 Å². The Morgan fingerprint density at radius 1 is 1.59 bits per heavy atom. The minimum absolute atomic E-state index is 0.147. The van der Waals surface area contributed by atoms with Gasteiger partial charge in [0.05, 0.1) is 6.61 Å². The Morgan fingerprint density at radius 3 is 2.76 bits per heavy atom. The normalized spacial score (nSPS) is 11.9. The predicted molar refractivity (Wildman–Crippen MR) is 55.7 cm³/mol.